The summed E-state index contributed by atoms with van der Waals surface area (Å²) in [6.45, 7) is 4.58. The van der Waals surface area contributed by atoms with E-state index in [4.69, 9.17) is 14.7 Å². The molecule has 7 nitrogen and oxygen atoms in total. The van der Waals surface area contributed by atoms with Crippen LogP contribution < -0.4 is 5.32 Å². The number of hydrogen-bond acceptors (Lipinski definition) is 5. The lowest BCUT2D eigenvalue weighted by atomic mass is 10.0. The lowest BCUT2D eigenvalue weighted by Gasteiger charge is -2.12. The highest BCUT2D eigenvalue weighted by Crippen LogP contribution is 2.22. The van der Waals surface area contributed by atoms with E-state index in [1.54, 1.807) is 6.92 Å². The predicted molar refractivity (Wildman–Crippen MR) is 61.3 cm³/mol. The Morgan fingerprint density at radius 3 is 2.50 bits per heavy atom. The van der Waals surface area contributed by atoms with Gasteiger partial charge in [0, 0.05) is 5.92 Å². The van der Waals surface area contributed by atoms with E-state index in [9.17, 15) is 9.59 Å². The van der Waals surface area contributed by atoms with Crippen molar-refractivity contribution in [3.8, 4) is 0 Å². The van der Waals surface area contributed by atoms with Crippen LogP contribution in [0.5, 0.6) is 0 Å². The van der Waals surface area contributed by atoms with Crippen LogP contribution in [0.4, 0.5) is 0 Å². The molecule has 0 aliphatic heterocycles. The molecule has 0 aromatic carbocycles. The van der Waals surface area contributed by atoms with Crippen molar-refractivity contribution >= 4 is 11.9 Å². The molecule has 1 unspecified atom stereocenters. The second-order valence-corrected chi connectivity index (χ2v) is 4.21. The van der Waals surface area contributed by atoms with Crippen molar-refractivity contribution in [3.63, 3.8) is 0 Å². The summed E-state index contributed by atoms with van der Waals surface area (Å²) in [6, 6.07) is -1.34. The van der Waals surface area contributed by atoms with Gasteiger partial charge in [0.15, 0.2) is 11.8 Å². The van der Waals surface area contributed by atoms with Crippen molar-refractivity contribution in [2.75, 3.05) is 6.61 Å². The van der Waals surface area contributed by atoms with E-state index >= 15 is 0 Å². The molecule has 0 saturated carbocycles. The molecule has 0 bridgehead atoms. The highest BCUT2D eigenvalue weighted by atomic mass is 16.5. The molecule has 1 atom stereocenters. The quantitative estimate of drug-likeness (QED) is 0.697. The van der Waals surface area contributed by atoms with Crippen molar-refractivity contribution in [3.05, 3.63) is 17.0 Å². The summed E-state index contributed by atoms with van der Waals surface area (Å²) in [7, 11) is 0. The zero-order valence-electron chi connectivity index (χ0n) is 10.4. The molecular weight excluding hydrogens is 240 g/mol. The van der Waals surface area contributed by atoms with E-state index in [1.807, 2.05) is 13.8 Å². The molecule has 1 rings (SSSR count). The average molecular weight is 256 g/mol. The molecule has 3 N–H and O–H groups in total. The Morgan fingerprint density at radius 1 is 1.44 bits per heavy atom. The van der Waals surface area contributed by atoms with Crippen LogP contribution in [0.15, 0.2) is 4.52 Å². The molecule has 0 fully saturated rings. The van der Waals surface area contributed by atoms with Gasteiger partial charge in [-0.3, -0.25) is 4.79 Å². The number of aliphatic carboxylic acids is 1. The van der Waals surface area contributed by atoms with Crippen LogP contribution in [0.25, 0.3) is 0 Å². The Labute approximate surface area is 104 Å². The maximum absolute atomic E-state index is 11.9. The van der Waals surface area contributed by atoms with Crippen molar-refractivity contribution in [2.45, 2.75) is 32.7 Å². The second-order valence-electron chi connectivity index (χ2n) is 4.21. The van der Waals surface area contributed by atoms with Gasteiger partial charge in [-0.2, -0.15) is 0 Å². The Hall–Kier alpha value is -1.89. The van der Waals surface area contributed by atoms with Gasteiger partial charge in [0.05, 0.1) is 12.3 Å². The maximum atomic E-state index is 11.9. The van der Waals surface area contributed by atoms with Gasteiger partial charge in [-0.25, -0.2) is 4.79 Å². The van der Waals surface area contributed by atoms with Crippen LogP contribution in [-0.4, -0.2) is 39.9 Å². The van der Waals surface area contributed by atoms with Crippen molar-refractivity contribution < 1.29 is 24.3 Å². The van der Waals surface area contributed by atoms with Crippen molar-refractivity contribution in [1.29, 1.82) is 0 Å². The van der Waals surface area contributed by atoms with Crippen LogP contribution in [0.1, 0.15) is 41.6 Å². The van der Waals surface area contributed by atoms with Gasteiger partial charge in [0.25, 0.3) is 5.91 Å². The summed E-state index contributed by atoms with van der Waals surface area (Å²) in [5.74, 6) is -1.57. The molecule has 1 amide bonds. The van der Waals surface area contributed by atoms with Gasteiger partial charge in [-0.05, 0) is 6.92 Å². The topological polar surface area (TPSA) is 113 Å². The van der Waals surface area contributed by atoms with Gasteiger partial charge >= 0.3 is 5.97 Å². The SMILES string of the molecule is Cc1noc(C(C)C)c1C(=O)NC(CO)C(=O)O. The zero-order valence-corrected chi connectivity index (χ0v) is 10.4. The van der Waals surface area contributed by atoms with Gasteiger partial charge in [0.2, 0.25) is 0 Å². The minimum atomic E-state index is -1.34. The highest BCUT2D eigenvalue weighted by Gasteiger charge is 2.26. The number of carboxylic acids is 1. The minimum Gasteiger partial charge on any atom is -0.480 e. The zero-order chi connectivity index (χ0) is 13.9. The number of carbonyl (C=O) groups is 2. The van der Waals surface area contributed by atoms with E-state index in [1.165, 1.54) is 0 Å². The van der Waals surface area contributed by atoms with Crippen molar-refractivity contribution in [2.24, 2.45) is 0 Å². The molecule has 0 aliphatic rings. The number of carboxylic acid groups (broad SMARTS) is 1. The summed E-state index contributed by atoms with van der Waals surface area (Å²) in [5.41, 5.74) is 0.614. The molecular formula is C11H16N2O5. The van der Waals surface area contributed by atoms with Crippen molar-refractivity contribution in [1.82, 2.24) is 10.5 Å². The summed E-state index contributed by atoms with van der Waals surface area (Å²) in [6.07, 6.45) is 0. The van der Waals surface area contributed by atoms with Crippen LogP contribution in [0, 0.1) is 6.92 Å². The van der Waals surface area contributed by atoms with E-state index in [0.29, 0.717) is 11.5 Å². The molecule has 1 aromatic rings. The Bertz CT molecular complexity index is 452. The first-order valence-corrected chi connectivity index (χ1v) is 5.49. The number of nitrogens with one attached hydrogen (secondary N) is 1. The Morgan fingerprint density at radius 2 is 2.06 bits per heavy atom. The van der Waals surface area contributed by atoms with Crippen LogP contribution in [-0.2, 0) is 4.79 Å². The summed E-state index contributed by atoms with van der Waals surface area (Å²) in [4.78, 5) is 22.7. The standard InChI is InChI=1S/C11H16N2O5/c1-5(2)9-8(6(3)13-18-9)10(15)12-7(4-14)11(16)17/h5,7,14H,4H2,1-3H3,(H,12,15)(H,16,17). The van der Waals surface area contributed by atoms with Crippen LogP contribution in [0.3, 0.4) is 0 Å². The summed E-state index contributed by atoms with van der Waals surface area (Å²) >= 11 is 0. The second kappa shape index (κ2) is 5.63. The highest BCUT2D eigenvalue weighted by molar-refractivity contribution is 5.98. The maximum Gasteiger partial charge on any atom is 0.328 e. The molecule has 1 aromatic heterocycles. The normalized spacial score (nSPS) is 12.5. The fourth-order valence-electron chi connectivity index (χ4n) is 1.47. The summed E-state index contributed by atoms with van der Waals surface area (Å²) in [5, 5.41) is 23.5. The number of aromatic nitrogens is 1. The number of hydrogen-bond donors (Lipinski definition) is 3. The first kappa shape index (κ1) is 14.2. The van der Waals surface area contributed by atoms with Crippen LogP contribution in [0.2, 0.25) is 0 Å². The van der Waals surface area contributed by atoms with Gasteiger partial charge < -0.3 is 20.1 Å². The third-order valence-electron chi connectivity index (χ3n) is 2.43. The number of aryl methyl sites for hydroxylation is 1. The molecule has 18 heavy (non-hydrogen) atoms. The fraction of sp³-hybridized carbons (Fsp3) is 0.545. The predicted octanol–water partition coefficient (Wildman–Crippen LogP) is 0.282. The number of nitrogens with zero attached hydrogens (tertiary/aromatic N) is 1. The smallest absolute Gasteiger partial charge is 0.328 e. The lowest BCUT2D eigenvalue weighted by molar-refractivity contribution is -0.140. The Balaban J connectivity index is 2.97. The molecule has 100 valence electrons. The third-order valence-corrected chi connectivity index (χ3v) is 2.43. The van der Waals surface area contributed by atoms with E-state index < -0.39 is 24.5 Å². The largest absolute Gasteiger partial charge is 0.480 e. The molecule has 1 heterocycles. The fourth-order valence-corrected chi connectivity index (χ4v) is 1.47. The van der Waals surface area contributed by atoms with E-state index in [0.717, 1.165) is 0 Å². The minimum absolute atomic E-state index is 0.0515. The molecule has 0 saturated heterocycles. The van der Waals surface area contributed by atoms with Gasteiger partial charge in [-0.1, -0.05) is 19.0 Å². The molecule has 0 radical (unpaired) electrons. The number of carbonyl (C=O) groups excluding carboxylic acids is 1. The van der Waals surface area contributed by atoms with E-state index in [2.05, 4.69) is 10.5 Å². The summed E-state index contributed by atoms with van der Waals surface area (Å²) < 4.78 is 5.03. The lowest BCUT2D eigenvalue weighted by Crippen LogP contribution is -2.43. The third kappa shape index (κ3) is 2.86. The van der Waals surface area contributed by atoms with Gasteiger partial charge in [0.1, 0.15) is 5.56 Å². The van der Waals surface area contributed by atoms with Crippen LogP contribution >= 0.6 is 0 Å². The first-order chi connectivity index (χ1) is 8.38. The first-order valence-electron chi connectivity index (χ1n) is 5.49. The molecule has 0 aliphatic carbocycles. The van der Waals surface area contributed by atoms with Gasteiger partial charge in [-0.15, -0.1) is 0 Å². The van der Waals surface area contributed by atoms with E-state index in [-0.39, 0.29) is 11.5 Å². The Kier molecular flexibility index (Phi) is 4.43. The monoisotopic (exact) mass is 256 g/mol. The molecule has 0 spiro atoms. The number of amides is 1. The number of rotatable bonds is 5. The number of aliphatic hydroxyl groups is 1. The average Bonchev–Trinajstić information content (AvgIpc) is 2.67. The number of aliphatic hydroxyl groups excluding tert-OH is 1. The molecule has 7 heteroatoms.